The van der Waals surface area contributed by atoms with E-state index in [2.05, 4.69) is 4.98 Å². The van der Waals surface area contributed by atoms with Crippen LogP contribution in [0.25, 0.3) is 10.2 Å². The maximum atomic E-state index is 13.5. The Hall–Kier alpha value is -3.32. The molecule has 0 saturated heterocycles. The Labute approximate surface area is 171 Å². The molecule has 146 valence electrons. The molecule has 4 heterocycles. The first-order chi connectivity index (χ1) is 14.2. The summed E-state index contributed by atoms with van der Waals surface area (Å²) in [6, 6.07) is 13.7. The number of rotatable bonds is 5. The number of carbonyl (C=O) groups is 1. The van der Waals surface area contributed by atoms with Crippen LogP contribution in [0, 0.1) is 0 Å². The zero-order valence-corrected chi connectivity index (χ0v) is 16.7. The molecule has 1 aromatic carbocycles. The molecule has 0 fully saturated rings. The molecule has 5 rings (SSSR count). The van der Waals surface area contributed by atoms with Crippen LogP contribution in [0.1, 0.15) is 21.6 Å². The highest BCUT2D eigenvalue weighted by molar-refractivity contribution is 7.17. The Bertz CT molecular complexity index is 1180. The third-order valence-corrected chi connectivity index (χ3v) is 5.93. The van der Waals surface area contributed by atoms with Crippen LogP contribution in [0.2, 0.25) is 0 Å². The van der Waals surface area contributed by atoms with Crippen molar-refractivity contribution >= 4 is 27.5 Å². The van der Waals surface area contributed by atoms with Gasteiger partial charge in [-0.15, -0.1) is 11.3 Å². The van der Waals surface area contributed by atoms with Gasteiger partial charge in [0.2, 0.25) is 6.79 Å². The quantitative estimate of drug-likeness (QED) is 0.499. The third kappa shape index (κ3) is 3.34. The lowest BCUT2D eigenvalue weighted by molar-refractivity contribution is 0.0720. The van der Waals surface area contributed by atoms with E-state index in [0.29, 0.717) is 18.8 Å². The predicted molar refractivity (Wildman–Crippen MR) is 111 cm³/mol. The number of hydrogen-bond donors (Lipinski definition) is 0. The van der Waals surface area contributed by atoms with E-state index in [9.17, 15) is 4.79 Å². The molecule has 6 nitrogen and oxygen atoms in total. The first-order valence-electron chi connectivity index (χ1n) is 9.28. The average molecular weight is 405 g/mol. The van der Waals surface area contributed by atoms with Crippen LogP contribution in [-0.4, -0.2) is 27.2 Å². The number of hydrogen-bond acceptors (Lipinski definition) is 5. The Morgan fingerprint density at radius 2 is 2.00 bits per heavy atom. The monoisotopic (exact) mass is 405 g/mol. The van der Waals surface area contributed by atoms with Crippen LogP contribution in [0.15, 0.2) is 60.2 Å². The number of amides is 1. The van der Waals surface area contributed by atoms with E-state index in [-0.39, 0.29) is 12.7 Å². The van der Waals surface area contributed by atoms with Crippen molar-refractivity contribution in [2.24, 2.45) is 7.05 Å². The number of aryl methyl sites for hydroxylation is 1. The van der Waals surface area contributed by atoms with Gasteiger partial charge in [0.1, 0.15) is 5.69 Å². The van der Waals surface area contributed by atoms with E-state index < -0.39 is 0 Å². The molecule has 7 heteroatoms. The van der Waals surface area contributed by atoms with Gasteiger partial charge in [-0.25, -0.2) is 0 Å². The Morgan fingerprint density at radius 3 is 2.83 bits per heavy atom. The largest absolute Gasteiger partial charge is 0.454 e. The minimum atomic E-state index is -0.0163. The summed E-state index contributed by atoms with van der Waals surface area (Å²) in [7, 11) is 1.94. The molecule has 0 bridgehead atoms. The van der Waals surface area contributed by atoms with Crippen LogP contribution in [0.5, 0.6) is 11.5 Å². The van der Waals surface area contributed by atoms with Crippen LogP contribution in [0.4, 0.5) is 0 Å². The van der Waals surface area contributed by atoms with Crippen molar-refractivity contribution in [2.45, 2.75) is 13.1 Å². The maximum absolute atomic E-state index is 13.5. The van der Waals surface area contributed by atoms with E-state index in [4.69, 9.17) is 9.47 Å². The molecule has 1 amide bonds. The van der Waals surface area contributed by atoms with Crippen molar-refractivity contribution < 1.29 is 14.3 Å². The van der Waals surface area contributed by atoms with Crippen molar-refractivity contribution in [1.29, 1.82) is 0 Å². The molecule has 0 radical (unpaired) electrons. The second-order valence-corrected chi connectivity index (χ2v) is 7.92. The number of aromatic nitrogens is 2. The first kappa shape index (κ1) is 17.8. The van der Waals surface area contributed by atoms with E-state index in [0.717, 1.165) is 32.8 Å². The van der Waals surface area contributed by atoms with Crippen LogP contribution in [-0.2, 0) is 20.1 Å². The summed E-state index contributed by atoms with van der Waals surface area (Å²) in [5.74, 6) is 1.44. The van der Waals surface area contributed by atoms with Gasteiger partial charge in [-0.2, -0.15) is 0 Å². The molecule has 0 saturated carbocycles. The second kappa shape index (κ2) is 7.25. The van der Waals surface area contributed by atoms with Gasteiger partial charge < -0.3 is 18.9 Å². The fourth-order valence-corrected chi connectivity index (χ4v) is 4.44. The van der Waals surface area contributed by atoms with Crippen molar-refractivity contribution in [3.8, 4) is 11.5 Å². The third-order valence-electron chi connectivity index (χ3n) is 5.08. The molecule has 29 heavy (non-hydrogen) atoms. The number of benzene rings is 1. The van der Waals surface area contributed by atoms with E-state index in [1.165, 1.54) is 0 Å². The molecule has 4 aromatic rings. The number of ether oxygens (including phenoxy) is 2. The molecule has 0 spiro atoms. The molecule has 0 unspecified atom stereocenters. The zero-order valence-electron chi connectivity index (χ0n) is 15.9. The van der Waals surface area contributed by atoms with E-state index in [1.54, 1.807) is 23.7 Å². The van der Waals surface area contributed by atoms with Crippen LogP contribution >= 0.6 is 11.3 Å². The average Bonchev–Trinajstić information content (AvgIpc) is 3.45. The molecule has 0 aliphatic carbocycles. The van der Waals surface area contributed by atoms with E-state index in [1.807, 2.05) is 64.4 Å². The lowest BCUT2D eigenvalue weighted by atomic mass is 10.1. The van der Waals surface area contributed by atoms with Gasteiger partial charge in [0, 0.05) is 32.5 Å². The Kier molecular flexibility index (Phi) is 4.44. The fourth-order valence-electron chi connectivity index (χ4n) is 3.59. The number of carbonyl (C=O) groups excluding carboxylic acids is 1. The normalized spacial score (nSPS) is 12.4. The molecule has 0 N–H and O–H groups in total. The number of thiophene rings is 1. The summed E-state index contributed by atoms with van der Waals surface area (Å²) in [6.07, 6.45) is 3.53. The number of fused-ring (bicyclic) bond motifs is 2. The minimum absolute atomic E-state index is 0.0163. The standard InChI is InChI=1S/C22H19N3O3S/c1-24-17-6-8-29-21(17)10-18(24)22(26)25(13-16-3-2-7-23-11-16)12-15-4-5-19-20(9-15)28-14-27-19/h2-11H,12-14H2,1H3. The molecular weight excluding hydrogens is 386 g/mol. The van der Waals surface area contributed by atoms with E-state index >= 15 is 0 Å². The van der Waals surface area contributed by atoms with Crippen molar-refractivity contribution in [2.75, 3.05) is 6.79 Å². The summed E-state index contributed by atoms with van der Waals surface area (Å²) >= 11 is 1.64. The van der Waals surface area contributed by atoms with Crippen molar-refractivity contribution in [1.82, 2.24) is 14.5 Å². The maximum Gasteiger partial charge on any atom is 0.271 e. The van der Waals surface area contributed by atoms with Gasteiger partial charge in [-0.1, -0.05) is 12.1 Å². The van der Waals surface area contributed by atoms with Crippen LogP contribution < -0.4 is 9.47 Å². The summed E-state index contributed by atoms with van der Waals surface area (Å²) in [6.45, 7) is 1.17. The fraction of sp³-hybridized carbons (Fsp3) is 0.182. The van der Waals surface area contributed by atoms with Gasteiger partial charge in [-0.3, -0.25) is 9.78 Å². The van der Waals surface area contributed by atoms with Gasteiger partial charge in [0.05, 0.1) is 10.2 Å². The lowest BCUT2D eigenvalue weighted by Crippen LogP contribution is -2.31. The molecule has 3 aromatic heterocycles. The summed E-state index contributed by atoms with van der Waals surface area (Å²) in [5, 5.41) is 2.04. The summed E-state index contributed by atoms with van der Waals surface area (Å²) < 4.78 is 14.0. The minimum Gasteiger partial charge on any atom is -0.454 e. The number of pyridine rings is 1. The molecular formula is C22H19N3O3S. The molecule has 1 aliphatic heterocycles. The zero-order chi connectivity index (χ0) is 19.8. The number of nitrogens with zero attached hydrogens (tertiary/aromatic N) is 3. The Balaban J connectivity index is 1.48. The highest BCUT2D eigenvalue weighted by atomic mass is 32.1. The Morgan fingerprint density at radius 1 is 1.14 bits per heavy atom. The topological polar surface area (TPSA) is 56.6 Å². The van der Waals surface area contributed by atoms with Crippen molar-refractivity contribution in [3.63, 3.8) is 0 Å². The highest BCUT2D eigenvalue weighted by Gasteiger charge is 2.22. The smallest absolute Gasteiger partial charge is 0.271 e. The summed E-state index contributed by atoms with van der Waals surface area (Å²) in [5.41, 5.74) is 3.72. The van der Waals surface area contributed by atoms with Crippen LogP contribution in [0.3, 0.4) is 0 Å². The van der Waals surface area contributed by atoms with Gasteiger partial charge in [0.25, 0.3) is 5.91 Å². The van der Waals surface area contributed by atoms with Gasteiger partial charge in [-0.05, 0) is 46.8 Å². The van der Waals surface area contributed by atoms with Gasteiger partial charge in [0.15, 0.2) is 11.5 Å². The molecule has 0 atom stereocenters. The second-order valence-electron chi connectivity index (χ2n) is 6.97. The highest BCUT2D eigenvalue weighted by Crippen LogP contribution is 2.33. The SMILES string of the molecule is Cn1c(C(=O)N(Cc2cccnc2)Cc2ccc3c(c2)OCO3)cc2sccc21. The first-order valence-corrected chi connectivity index (χ1v) is 10.2. The summed E-state index contributed by atoms with van der Waals surface area (Å²) in [4.78, 5) is 19.5. The van der Waals surface area contributed by atoms with Gasteiger partial charge >= 0.3 is 0 Å². The van der Waals surface area contributed by atoms with Crippen molar-refractivity contribution in [3.05, 3.63) is 77.1 Å². The predicted octanol–water partition coefficient (Wildman–Crippen LogP) is 4.21. The lowest BCUT2D eigenvalue weighted by Gasteiger charge is -2.23. The molecule has 1 aliphatic rings.